The first kappa shape index (κ1) is 14.4. The van der Waals surface area contributed by atoms with Gasteiger partial charge in [-0.05, 0) is 30.5 Å². The van der Waals surface area contributed by atoms with Crippen molar-refractivity contribution in [1.82, 2.24) is 5.32 Å². The van der Waals surface area contributed by atoms with E-state index >= 15 is 0 Å². The van der Waals surface area contributed by atoms with Crippen LogP contribution in [-0.4, -0.2) is 23.7 Å². The average molecular weight is 254 g/mol. The second-order valence-electron chi connectivity index (χ2n) is 4.61. The summed E-state index contributed by atoms with van der Waals surface area (Å²) in [5.41, 5.74) is 5.89. The summed E-state index contributed by atoms with van der Waals surface area (Å²) in [6.45, 7) is 3.88. The van der Waals surface area contributed by atoms with E-state index in [-0.39, 0.29) is 35.7 Å². The van der Waals surface area contributed by atoms with E-state index in [0.29, 0.717) is 6.42 Å². The third-order valence-electron chi connectivity index (χ3n) is 2.74. The fourth-order valence-corrected chi connectivity index (χ4v) is 1.71. The average Bonchev–Trinajstić information content (AvgIpc) is 2.26. The molecule has 0 aliphatic carbocycles. The molecule has 0 fully saturated rings. The molecule has 0 saturated heterocycles. The van der Waals surface area contributed by atoms with Gasteiger partial charge < -0.3 is 16.2 Å². The summed E-state index contributed by atoms with van der Waals surface area (Å²) < 4.78 is 13.1. The summed E-state index contributed by atoms with van der Waals surface area (Å²) in [5, 5.41) is 11.7. The van der Waals surface area contributed by atoms with Gasteiger partial charge in [0.2, 0.25) is 0 Å². The Kier molecular flexibility index (Phi) is 5.09. The van der Waals surface area contributed by atoms with E-state index < -0.39 is 5.82 Å². The van der Waals surface area contributed by atoms with Gasteiger partial charge in [0, 0.05) is 23.9 Å². The number of amides is 1. The number of benzene rings is 1. The molecule has 0 heterocycles. The van der Waals surface area contributed by atoms with Crippen LogP contribution in [0.3, 0.4) is 0 Å². The fraction of sp³-hybridized carbons (Fsp3) is 0.462. The Morgan fingerprint density at radius 3 is 2.61 bits per heavy atom. The molecule has 4 nitrogen and oxygen atoms in total. The van der Waals surface area contributed by atoms with Crippen molar-refractivity contribution in [1.29, 1.82) is 0 Å². The molecule has 1 aromatic carbocycles. The lowest BCUT2D eigenvalue weighted by atomic mass is 10.0. The summed E-state index contributed by atoms with van der Waals surface area (Å²) in [5.74, 6) is -0.733. The summed E-state index contributed by atoms with van der Waals surface area (Å²) >= 11 is 0. The van der Waals surface area contributed by atoms with Crippen molar-refractivity contribution >= 4 is 11.6 Å². The number of aliphatic hydroxyl groups is 1. The first-order chi connectivity index (χ1) is 8.43. The van der Waals surface area contributed by atoms with Crippen LogP contribution in [0.25, 0.3) is 0 Å². The Morgan fingerprint density at radius 1 is 1.44 bits per heavy atom. The van der Waals surface area contributed by atoms with Crippen molar-refractivity contribution in [2.75, 3.05) is 12.3 Å². The maximum absolute atomic E-state index is 13.1. The highest BCUT2D eigenvalue weighted by atomic mass is 19.1. The molecule has 1 unspecified atom stereocenters. The van der Waals surface area contributed by atoms with E-state index in [1.807, 2.05) is 13.8 Å². The zero-order valence-corrected chi connectivity index (χ0v) is 10.6. The molecule has 5 heteroatoms. The van der Waals surface area contributed by atoms with Gasteiger partial charge in [0.25, 0.3) is 5.91 Å². The first-order valence-corrected chi connectivity index (χ1v) is 5.92. The van der Waals surface area contributed by atoms with Crippen molar-refractivity contribution in [3.05, 3.63) is 29.6 Å². The second kappa shape index (κ2) is 6.35. The normalized spacial score (nSPS) is 12.5. The third kappa shape index (κ3) is 4.00. The molecule has 0 aromatic heterocycles. The quantitative estimate of drug-likeness (QED) is 0.698. The first-order valence-electron chi connectivity index (χ1n) is 5.92. The van der Waals surface area contributed by atoms with Crippen molar-refractivity contribution in [2.24, 2.45) is 5.92 Å². The molecule has 0 bridgehead atoms. The summed E-state index contributed by atoms with van der Waals surface area (Å²) in [6.07, 6.45) is 0.466. The predicted molar refractivity (Wildman–Crippen MR) is 68.6 cm³/mol. The Balaban J connectivity index is 2.80. The molecule has 18 heavy (non-hydrogen) atoms. The summed E-state index contributed by atoms with van der Waals surface area (Å²) in [7, 11) is 0. The van der Waals surface area contributed by atoms with Gasteiger partial charge in [-0.3, -0.25) is 4.79 Å². The lowest BCUT2D eigenvalue weighted by molar-refractivity contribution is 0.0916. The maximum atomic E-state index is 13.1. The molecule has 0 saturated carbocycles. The van der Waals surface area contributed by atoms with Crippen LogP contribution >= 0.6 is 0 Å². The number of anilines is 1. The van der Waals surface area contributed by atoms with Crippen molar-refractivity contribution < 1.29 is 14.3 Å². The minimum absolute atomic E-state index is 0.00554. The monoisotopic (exact) mass is 254 g/mol. The molecular formula is C13H19FN2O2. The number of carbonyl (C=O) groups excluding carboxylic acids is 1. The van der Waals surface area contributed by atoms with E-state index in [4.69, 9.17) is 10.8 Å². The molecule has 1 rings (SSSR count). The Bertz CT molecular complexity index is 401. The number of nitrogen functional groups attached to an aromatic ring is 1. The largest absolute Gasteiger partial charge is 0.399 e. The smallest absolute Gasteiger partial charge is 0.251 e. The summed E-state index contributed by atoms with van der Waals surface area (Å²) in [4.78, 5) is 11.9. The van der Waals surface area contributed by atoms with E-state index in [2.05, 4.69) is 5.32 Å². The van der Waals surface area contributed by atoms with Gasteiger partial charge in [-0.25, -0.2) is 4.39 Å². The van der Waals surface area contributed by atoms with E-state index in [9.17, 15) is 9.18 Å². The molecule has 0 aliphatic heterocycles. The molecular weight excluding hydrogens is 235 g/mol. The minimum Gasteiger partial charge on any atom is -0.399 e. The highest BCUT2D eigenvalue weighted by Crippen LogP contribution is 2.12. The van der Waals surface area contributed by atoms with E-state index in [1.165, 1.54) is 6.07 Å². The molecule has 4 N–H and O–H groups in total. The topological polar surface area (TPSA) is 75.3 Å². The minimum atomic E-state index is -0.539. The SMILES string of the molecule is CC(C)C(CCO)NC(=O)c1cc(N)cc(F)c1. The molecule has 0 aliphatic rings. The van der Waals surface area contributed by atoms with Crippen LogP contribution in [0.15, 0.2) is 18.2 Å². The van der Waals surface area contributed by atoms with Crippen LogP contribution in [0.1, 0.15) is 30.6 Å². The Labute approximate surface area is 106 Å². The second-order valence-corrected chi connectivity index (χ2v) is 4.61. The van der Waals surface area contributed by atoms with Crippen LogP contribution in [0, 0.1) is 11.7 Å². The molecule has 1 atom stereocenters. The molecule has 1 aromatic rings. The van der Waals surface area contributed by atoms with Crippen LogP contribution in [0.4, 0.5) is 10.1 Å². The van der Waals surface area contributed by atoms with Crippen LogP contribution in [0.2, 0.25) is 0 Å². The number of carbonyl (C=O) groups is 1. The lowest BCUT2D eigenvalue weighted by Crippen LogP contribution is -2.39. The number of halogens is 1. The summed E-state index contributed by atoms with van der Waals surface area (Å²) in [6, 6.07) is 3.58. The standard InChI is InChI=1S/C13H19FN2O2/c1-8(2)12(3-4-17)16-13(18)9-5-10(14)7-11(15)6-9/h5-8,12,17H,3-4,15H2,1-2H3,(H,16,18). The van der Waals surface area contributed by atoms with Gasteiger partial charge in [0.05, 0.1) is 0 Å². The zero-order valence-electron chi connectivity index (χ0n) is 10.6. The van der Waals surface area contributed by atoms with Crippen molar-refractivity contribution in [3.8, 4) is 0 Å². The number of hydrogen-bond donors (Lipinski definition) is 3. The predicted octanol–water partition coefficient (Wildman–Crippen LogP) is 1.54. The van der Waals surface area contributed by atoms with E-state index in [0.717, 1.165) is 12.1 Å². The fourth-order valence-electron chi connectivity index (χ4n) is 1.71. The zero-order chi connectivity index (χ0) is 13.7. The number of hydrogen-bond acceptors (Lipinski definition) is 3. The molecule has 1 amide bonds. The van der Waals surface area contributed by atoms with Gasteiger partial charge in [0.1, 0.15) is 5.82 Å². The molecule has 0 radical (unpaired) electrons. The number of rotatable bonds is 5. The van der Waals surface area contributed by atoms with Crippen LogP contribution in [0.5, 0.6) is 0 Å². The highest BCUT2D eigenvalue weighted by molar-refractivity contribution is 5.95. The highest BCUT2D eigenvalue weighted by Gasteiger charge is 2.17. The van der Waals surface area contributed by atoms with Gasteiger partial charge in [-0.2, -0.15) is 0 Å². The number of nitrogens with one attached hydrogen (secondary N) is 1. The van der Waals surface area contributed by atoms with Gasteiger partial charge in [-0.15, -0.1) is 0 Å². The third-order valence-corrected chi connectivity index (χ3v) is 2.74. The van der Waals surface area contributed by atoms with Crippen molar-refractivity contribution in [3.63, 3.8) is 0 Å². The lowest BCUT2D eigenvalue weighted by Gasteiger charge is -2.21. The van der Waals surface area contributed by atoms with Crippen molar-refractivity contribution in [2.45, 2.75) is 26.3 Å². The van der Waals surface area contributed by atoms with Gasteiger partial charge in [-0.1, -0.05) is 13.8 Å². The molecule has 100 valence electrons. The van der Waals surface area contributed by atoms with Crippen LogP contribution < -0.4 is 11.1 Å². The van der Waals surface area contributed by atoms with E-state index in [1.54, 1.807) is 0 Å². The van der Waals surface area contributed by atoms with Gasteiger partial charge in [0.15, 0.2) is 0 Å². The maximum Gasteiger partial charge on any atom is 0.251 e. The number of aliphatic hydroxyl groups excluding tert-OH is 1. The van der Waals surface area contributed by atoms with Gasteiger partial charge >= 0.3 is 0 Å². The Hall–Kier alpha value is -1.62. The molecule has 0 spiro atoms. The number of nitrogens with two attached hydrogens (primary N) is 1. The Morgan fingerprint density at radius 2 is 2.11 bits per heavy atom. The van der Waals surface area contributed by atoms with Crippen LogP contribution in [-0.2, 0) is 0 Å².